The molecule has 6 heteroatoms. The van der Waals surface area contributed by atoms with E-state index in [9.17, 15) is 14.0 Å². The van der Waals surface area contributed by atoms with Crippen molar-refractivity contribution in [2.45, 2.75) is 18.9 Å². The van der Waals surface area contributed by atoms with Crippen molar-refractivity contribution in [2.24, 2.45) is 0 Å². The van der Waals surface area contributed by atoms with Crippen molar-refractivity contribution in [1.29, 1.82) is 0 Å². The number of halogens is 1. The number of nitrogens with zero attached hydrogens (tertiary/aromatic N) is 1. The number of hydrogen-bond donors (Lipinski definition) is 1. The third kappa shape index (κ3) is 4.88. The van der Waals surface area contributed by atoms with Crippen LogP contribution in [0.15, 0.2) is 60.7 Å². The topological polar surface area (TPSA) is 68.3 Å². The number of fused-ring (bicyclic) bond motifs is 1. The number of ether oxygens (including phenoxy) is 1. The van der Waals surface area contributed by atoms with Crippen molar-refractivity contribution in [3.8, 4) is 0 Å². The van der Waals surface area contributed by atoms with Crippen molar-refractivity contribution in [1.82, 2.24) is 10.3 Å². The number of para-hydroxylation sites is 1. The van der Waals surface area contributed by atoms with Gasteiger partial charge in [-0.05, 0) is 29.8 Å². The van der Waals surface area contributed by atoms with E-state index in [2.05, 4.69) is 10.3 Å². The fourth-order valence-corrected chi connectivity index (χ4v) is 2.84. The monoisotopic (exact) mass is 366 g/mol. The van der Waals surface area contributed by atoms with E-state index >= 15 is 0 Å². The standard InChI is InChI=1S/C21H19FN2O3/c1-27-21(26)19(24-20(25)12-14-5-4-7-16(22)11-14)13-17-10-9-15-6-2-3-8-18(15)23-17/h2-11,19H,12-13H2,1H3,(H,24,25)/t19-/m0/s1. The highest BCUT2D eigenvalue weighted by atomic mass is 19.1. The maximum Gasteiger partial charge on any atom is 0.328 e. The van der Waals surface area contributed by atoms with Crippen molar-refractivity contribution >= 4 is 22.8 Å². The van der Waals surface area contributed by atoms with E-state index in [1.165, 1.54) is 25.3 Å². The number of pyridine rings is 1. The molecule has 1 aromatic heterocycles. The summed E-state index contributed by atoms with van der Waals surface area (Å²) in [5, 5.41) is 3.65. The molecule has 0 fully saturated rings. The number of hydrogen-bond acceptors (Lipinski definition) is 4. The molecule has 0 spiro atoms. The van der Waals surface area contributed by atoms with Gasteiger partial charge in [-0.2, -0.15) is 0 Å². The first-order valence-electron chi connectivity index (χ1n) is 8.51. The summed E-state index contributed by atoms with van der Waals surface area (Å²) in [6.07, 6.45) is 0.169. The second kappa shape index (κ2) is 8.40. The summed E-state index contributed by atoms with van der Waals surface area (Å²) in [5.74, 6) is -1.36. The molecule has 0 aliphatic heterocycles. The molecule has 3 rings (SSSR count). The highest BCUT2D eigenvalue weighted by Crippen LogP contribution is 2.13. The lowest BCUT2D eigenvalue weighted by molar-refractivity contribution is -0.145. The maximum absolute atomic E-state index is 13.3. The zero-order valence-corrected chi connectivity index (χ0v) is 14.8. The molecule has 0 unspecified atom stereocenters. The van der Waals surface area contributed by atoms with Gasteiger partial charge in [-0.1, -0.05) is 36.4 Å². The molecule has 138 valence electrons. The van der Waals surface area contributed by atoms with Gasteiger partial charge in [0, 0.05) is 17.5 Å². The van der Waals surface area contributed by atoms with Crippen LogP contribution in [0, 0.1) is 5.82 Å². The van der Waals surface area contributed by atoms with Gasteiger partial charge >= 0.3 is 5.97 Å². The van der Waals surface area contributed by atoms with Crippen LogP contribution in [0.1, 0.15) is 11.3 Å². The largest absolute Gasteiger partial charge is 0.467 e. The van der Waals surface area contributed by atoms with Crippen LogP contribution in [-0.2, 0) is 27.2 Å². The normalized spacial score (nSPS) is 11.8. The van der Waals surface area contributed by atoms with E-state index in [-0.39, 0.29) is 12.8 Å². The Bertz CT molecular complexity index is 974. The highest BCUT2D eigenvalue weighted by Gasteiger charge is 2.22. The predicted octanol–water partition coefficient (Wildman–Crippen LogP) is 2.82. The quantitative estimate of drug-likeness (QED) is 0.681. The molecule has 0 saturated carbocycles. The van der Waals surface area contributed by atoms with Crippen LogP contribution in [0.2, 0.25) is 0 Å². The SMILES string of the molecule is COC(=O)[C@H](Cc1ccc2ccccc2n1)NC(=O)Cc1cccc(F)c1. The minimum Gasteiger partial charge on any atom is -0.467 e. The molecule has 1 amide bonds. The summed E-state index contributed by atoms with van der Waals surface area (Å²) in [5.41, 5.74) is 2.00. The molecule has 0 bridgehead atoms. The Balaban J connectivity index is 1.72. The van der Waals surface area contributed by atoms with Crippen LogP contribution in [0.4, 0.5) is 4.39 Å². The van der Waals surface area contributed by atoms with Crippen LogP contribution in [0.3, 0.4) is 0 Å². The van der Waals surface area contributed by atoms with Crippen LogP contribution in [0.25, 0.3) is 10.9 Å². The minimum atomic E-state index is -0.871. The number of esters is 1. The third-order valence-electron chi connectivity index (χ3n) is 4.14. The first-order chi connectivity index (χ1) is 13.0. The second-order valence-electron chi connectivity index (χ2n) is 6.15. The van der Waals surface area contributed by atoms with Gasteiger partial charge in [0.2, 0.25) is 5.91 Å². The number of aromatic nitrogens is 1. The van der Waals surface area contributed by atoms with Crippen molar-refractivity contribution < 1.29 is 18.7 Å². The number of benzene rings is 2. The van der Waals surface area contributed by atoms with Crippen LogP contribution < -0.4 is 5.32 Å². The zero-order chi connectivity index (χ0) is 19.2. The molecule has 0 saturated heterocycles. The number of carbonyl (C=O) groups excluding carboxylic acids is 2. The lowest BCUT2D eigenvalue weighted by Crippen LogP contribution is -2.43. The van der Waals surface area contributed by atoms with Crippen molar-refractivity contribution in [2.75, 3.05) is 7.11 Å². The zero-order valence-electron chi connectivity index (χ0n) is 14.8. The molecule has 0 radical (unpaired) electrons. The van der Waals surface area contributed by atoms with Crippen molar-refractivity contribution in [3.05, 3.63) is 77.7 Å². The second-order valence-corrected chi connectivity index (χ2v) is 6.15. The molecule has 2 aromatic carbocycles. The summed E-state index contributed by atoms with van der Waals surface area (Å²) in [4.78, 5) is 28.9. The Morgan fingerprint density at radius 2 is 1.93 bits per heavy atom. The van der Waals surface area contributed by atoms with E-state index in [0.717, 1.165) is 10.9 Å². The fraction of sp³-hybridized carbons (Fsp3) is 0.190. The van der Waals surface area contributed by atoms with Crippen LogP contribution >= 0.6 is 0 Å². The summed E-state index contributed by atoms with van der Waals surface area (Å²) in [6, 6.07) is 16.3. The van der Waals surface area contributed by atoms with E-state index in [1.807, 2.05) is 36.4 Å². The number of carbonyl (C=O) groups is 2. The maximum atomic E-state index is 13.3. The fourth-order valence-electron chi connectivity index (χ4n) is 2.84. The van der Waals surface area contributed by atoms with Gasteiger partial charge in [0.1, 0.15) is 11.9 Å². The average molecular weight is 366 g/mol. The lowest BCUT2D eigenvalue weighted by Gasteiger charge is -2.16. The van der Waals surface area contributed by atoms with E-state index in [4.69, 9.17) is 4.74 Å². The van der Waals surface area contributed by atoms with E-state index < -0.39 is 23.7 Å². The third-order valence-corrected chi connectivity index (χ3v) is 4.14. The predicted molar refractivity (Wildman–Crippen MR) is 99.5 cm³/mol. The molecule has 27 heavy (non-hydrogen) atoms. The summed E-state index contributed by atoms with van der Waals surface area (Å²) >= 11 is 0. The average Bonchev–Trinajstić information content (AvgIpc) is 2.66. The highest BCUT2D eigenvalue weighted by molar-refractivity contribution is 5.86. The van der Waals surface area contributed by atoms with E-state index in [0.29, 0.717) is 11.3 Å². The van der Waals surface area contributed by atoms with Gasteiger partial charge in [0.25, 0.3) is 0 Å². The van der Waals surface area contributed by atoms with Gasteiger partial charge < -0.3 is 10.1 Å². The smallest absolute Gasteiger partial charge is 0.328 e. The van der Waals surface area contributed by atoms with E-state index in [1.54, 1.807) is 6.07 Å². The molecule has 0 aliphatic rings. The Morgan fingerprint density at radius 3 is 2.70 bits per heavy atom. The van der Waals surface area contributed by atoms with Gasteiger partial charge in [-0.25, -0.2) is 9.18 Å². The molecule has 1 atom stereocenters. The number of methoxy groups -OCH3 is 1. The van der Waals surface area contributed by atoms with Gasteiger partial charge in [-0.3, -0.25) is 9.78 Å². The Labute approximate surface area is 156 Å². The first kappa shape index (κ1) is 18.5. The molecule has 5 nitrogen and oxygen atoms in total. The molecule has 3 aromatic rings. The molecule has 0 aliphatic carbocycles. The summed E-state index contributed by atoms with van der Waals surface area (Å²) in [7, 11) is 1.27. The molecular formula is C21H19FN2O3. The van der Waals surface area contributed by atoms with Gasteiger partial charge in [0.15, 0.2) is 0 Å². The van der Waals surface area contributed by atoms with Crippen LogP contribution in [-0.4, -0.2) is 30.0 Å². The Hall–Kier alpha value is -3.28. The Morgan fingerprint density at radius 1 is 1.11 bits per heavy atom. The number of nitrogens with one attached hydrogen (secondary N) is 1. The minimum absolute atomic E-state index is 0.0313. The molecular weight excluding hydrogens is 347 g/mol. The van der Waals surface area contributed by atoms with Gasteiger partial charge in [-0.15, -0.1) is 0 Å². The van der Waals surface area contributed by atoms with Gasteiger partial charge in [0.05, 0.1) is 19.0 Å². The summed E-state index contributed by atoms with van der Waals surface area (Å²) in [6.45, 7) is 0. The van der Waals surface area contributed by atoms with Crippen LogP contribution in [0.5, 0.6) is 0 Å². The molecule has 1 heterocycles. The first-order valence-corrected chi connectivity index (χ1v) is 8.51. The lowest BCUT2D eigenvalue weighted by atomic mass is 10.1. The molecule has 1 N–H and O–H groups in total. The summed E-state index contributed by atoms with van der Waals surface area (Å²) < 4.78 is 18.1. The number of rotatable bonds is 6. The van der Waals surface area contributed by atoms with Crippen molar-refractivity contribution in [3.63, 3.8) is 0 Å². The number of amides is 1. The Kier molecular flexibility index (Phi) is 5.76.